The molecule has 0 aliphatic rings. The van der Waals surface area contributed by atoms with Crippen molar-refractivity contribution >= 4 is 40.9 Å². The molecule has 0 radical (unpaired) electrons. The van der Waals surface area contributed by atoms with Gasteiger partial charge in [-0.05, 0) is 0 Å². The van der Waals surface area contributed by atoms with Crippen LogP contribution in [0.1, 0.15) is 15.9 Å². The summed E-state index contributed by atoms with van der Waals surface area (Å²) in [7, 11) is 0. The third kappa shape index (κ3) is 2.67. The number of rotatable bonds is 3. The van der Waals surface area contributed by atoms with E-state index < -0.39 is 0 Å². The average molecular weight is 325 g/mol. The summed E-state index contributed by atoms with van der Waals surface area (Å²) in [4.78, 5) is 11.3. The molecule has 3 aromatic carbocycles. The molecule has 0 aromatic heterocycles. The number of aldehydes is 1. The molecule has 0 heterocycles. The van der Waals surface area contributed by atoms with Gasteiger partial charge < -0.3 is 0 Å². The Morgan fingerprint density at radius 2 is 1.70 bits per heavy atom. The second-order valence-corrected chi connectivity index (χ2v) is 7.18. The van der Waals surface area contributed by atoms with Crippen molar-refractivity contribution in [1.82, 2.24) is 0 Å². The molecule has 3 rings (SSSR count). The number of aryl methyl sites for hydroxylation is 1. The van der Waals surface area contributed by atoms with Crippen molar-refractivity contribution in [3.05, 3.63) is 71.8 Å². The first-order chi connectivity index (χ1) is 9.76. The van der Waals surface area contributed by atoms with Crippen molar-refractivity contribution < 1.29 is 4.79 Å². The third-order valence-corrected chi connectivity index (χ3v) is 5.28. The van der Waals surface area contributed by atoms with Gasteiger partial charge in [-0.15, -0.1) is 0 Å². The van der Waals surface area contributed by atoms with E-state index in [1.807, 2.05) is 12.1 Å². The van der Waals surface area contributed by atoms with E-state index >= 15 is 0 Å². The van der Waals surface area contributed by atoms with Crippen LogP contribution in [0.2, 0.25) is 0 Å². The molecule has 2 heteroatoms. The first-order valence-corrected chi connectivity index (χ1v) is 8.20. The zero-order valence-electron chi connectivity index (χ0n) is 11.2. The molecule has 0 aliphatic heterocycles. The fourth-order valence-electron chi connectivity index (χ4n) is 2.25. The molecule has 0 spiro atoms. The number of benzene rings is 3. The van der Waals surface area contributed by atoms with Crippen molar-refractivity contribution in [2.45, 2.75) is 6.92 Å². The van der Waals surface area contributed by atoms with Gasteiger partial charge in [0.25, 0.3) is 0 Å². The summed E-state index contributed by atoms with van der Waals surface area (Å²) in [6, 6.07) is 20.9. The van der Waals surface area contributed by atoms with Gasteiger partial charge in [0, 0.05) is 0 Å². The molecule has 0 aliphatic carbocycles. The van der Waals surface area contributed by atoms with Crippen molar-refractivity contribution in [3.63, 3.8) is 0 Å². The van der Waals surface area contributed by atoms with Crippen LogP contribution in [-0.2, 0) is 0 Å². The summed E-state index contributed by atoms with van der Waals surface area (Å²) in [5.41, 5.74) is 1.97. The van der Waals surface area contributed by atoms with Crippen molar-refractivity contribution in [2.24, 2.45) is 0 Å². The molecule has 0 amide bonds. The summed E-state index contributed by atoms with van der Waals surface area (Å²) < 4.78 is 2.56. The molecule has 0 unspecified atom stereocenters. The predicted molar refractivity (Wildman–Crippen MR) is 85.5 cm³/mol. The van der Waals surface area contributed by atoms with E-state index in [-0.39, 0.29) is 15.0 Å². The van der Waals surface area contributed by atoms with E-state index in [0.29, 0.717) is 0 Å². The molecule has 0 bridgehead atoms. The minimum absolute atomic E-state index is 0.234. The number of hydrogen-bond donors (Lipinski definition) is 0. The van der Waals surface area contributed by atoms with Gasteiger partial charge in [0.1, 0.15) is 0 Å². The first kappa shape index (κ1) is 13.1. The van der Waals surface area contributed by atoms with E-state index in [0.717, 1.165) is 22.6 Å². The monoisotopic (exact) mass is 326 g/mol. The second-order valence-electron chi connectivity index (χ2n) is 4.77. The molecular formula is C18H14OSe. The Morgan fingerprint density at radius 3 is 2.45 bits per heavy atom. The Labute approximate surface area is 124 Å². The SMILES string of the molecule is Cc1ccc2cc([Se]c3ccccc3)cc(C=O)c2c1. The van der Waals surface area contributed by atoms with E-state index in [1.165, 1.54) is 14.5 Å². The fourth-order valence-corrected chi connectivity index (χ4v) is 4.22. The van der Waals surface area contributed by atoms with Crippen molar-refractivity contribution in [1.29, 1.82) is 0 Å². The number of hydrogen-bond acceptors (Lipinski definition) is 1. The van der Waals surface area contributed by atoms with Crippen LogP contribution < -0.4 is 8.92 Å². The normalized spacial score (nSPS) is 10.7. The Morgan fingerprint density at radius 1 is 0.900 bits per heavy atom. The van der Waals surface area contributed by atoms with Crippen LogP contribution in [0.15, 0.2) is 60.7 Å². The molecule has 0 atom stereocenters. The summed E-state index contributed by atoms with van der Waals surface area (Å²) in [6.07, 6.45) is 0.965. The van der Waals surface area contributed by atoms with Gasteiger partial charge in [0.2, 0.25) is 0 Å². The Kier molecular flexibility index (Phi) is 3.68. The van der Waals surface area contributed by atoms with Crippen LogP contribution in [0, 0.1) is 6.92 Å². The standard InChI is InChI=1S/C18H14OSe/c1-13-7-8-14-10-17(11-15(12-19)18(14)9-13)20-16-5-3-2-4-6-16/h2-12H,1H3. The van der Waals surface area contributed by atoms with E-state index in [9.17, 15) is 4.79 Å². The fraction of sp³-hybridized carbons (Fsp3) is 0.0556. The van der Waals surface area contributed by atoms with Crippen LogP contribution in [0.5, 0.6) is 0 Å². The van der Waals surface area contributed by atoms with Gasteiger partial charge in [0.15, 0.2) is 0 Å². The van der Waals surface area contributed by atoms with Crippen LogP contribution in [0.3, 0.4) is 0 Å². The molecule has 98 valence electrons. The van der Waals surface area contributed by atoms with E-state index in [2.05, 4.69) is 55.5 Å². The van der Waals surface area contributed by atoms with Gasteiger partial charge in [-0.1, -0.05) is 0 Å². The Hall–Kier alpha value is -1.89. The van der Waals surface area contributed by atoms with Gasteiger partial charge in [-0.2, -0.15) is 0 Å². The van der Waals surface area contributed by atoms with Gasteiger partial charge in [0.05, 0.1) is 0 Å². The first-order valence-electron chi connectivity index (χ1n) is 6.49. The summed E-state index contributed by atoms with van der Waals surface area (Å²) in [6.45, 7) is 2.05. The second kappa shape index (κ2) is 5.62. The molecule has 0 saturated carbocycles. The van der Waals surface area contributed by atoms with E-state index in [1.54, 1.807) is 0 Å². The number of carbonyl (C=O) groups is 1. The average Bonchev–Trinajstić information content (AvgIpc) is 2.48. The molecule has 0 saturated heterocycles. The summed E-state index contributed by atoms with van der Waals surface area (Å²) in [5, 5.41) is 2.20. The molecule has 3 aromatic rings. The zero-order chi connectivity index (χ0) is 13.9. The van der Waals surface area contributed by atoms with Gasteiger partial charge >= 0.3 is 124 Å². The van der Waals surface area contributed by atoms with Crippen LogP contribution in [0.25, 0.3) is 10.8 Å². The van der Waals surface area contributed by atoms with Gasteiger partial charge in [-0.3, -0.25) is 0 Å². The van der Waals surface area contributed by atoms with Crippen LogP contribution in [0.4, 0.5) is 0 Å². The van der Waals surface area contributed by atoms with Crippen molar-refractivity contribution in [2.75, 3.05) is 0 Å². The van der Waals surface area contributed by atoms with Crippen molar-refractivity contribution in [3.8, 4) is 0 Å². The zero-order valence-corrected chi connectivity index (χ0v) is 12.9. The summed E-state index contributed by atoms with van der Waals surface area (Å²) >= 11 is 0.234. The molecule has 20 heavy (non-hydrogen) atoms. The number of carbonyl (C=O) groups excluding carboxylic acids is 1. The molecule has 0 fully saturated rings. The van der Waals surface area contributed by atoms with Crippen LogP contribution >= 0.6 is 0 Å². The summed E-state index contributed by atoms with van der Waals surface area (Å²) in [5.74, 6) is 0. The van der Waals surface area contributed by atoms with Gasteiger partial charge in [-0.25, -0.2) is 0 Å². The Balaban J connectivity index is 2.09. The third-order valence-electron chi connectivity index (χ3n) is 3.22. The molecule has 1 nitrogen and oxygen atoms in total. The minimum atomic E-state index is 0.234. The quantitative estimate of drug-likeness (QED) is 0.534. The maximum absolute atomic E-state index is 11.3. The molecule has 0 N–H and O–H groups in total. The molecular weight excluding hydrogens is 311 g/mol. The predicted octanol–water partition coefficient (Wildman–Crippen LogP) is 2.62. The van der Waals surface area contributed by atoms with E-state index in [4.69, 9.17) is 0 Å². The topological polar surface area (TPSA) is 17.1 Å². The maximum atomic E-state index is 11.3. The van der Waals surface area contributed by atoms with Crippen LogP contribution in [-0.4, -0.2) is 21.2 Å². The number of fused-ring (bicyclic) bond motifs is 1. The Bertz CT molecular complexity index is 763.